The normalized spacial score (nSPS) is 11.4. The Balaban J connectivity index is 1.75. The van der Waals surface area contributed by atoms with Gasteiger partial charge >= 0.3 is 6.18 Å². The van der Waals surface area contributed by atoms with Crippen LogP contribution in [0.3, 0.4) is 0 Å². The molecule has 5 nitrogen and oxygen atoms in total. The molecule has 0 atom stereocenters. The average Bonchev–Trinajstić information content (AvgIpc) is 3.23. The largest absolute Gasteiger partial charge is 0.417 e. The number of benzene rings is 2. The number of carbonyl (C=O) groups excluding carboxylic acids is 1. The summed E-state index contributed by atoms with van der Waals surface area (Å²) in [5.41, 5.74) is 7.21. The monoisotopic (exact) mass is 454 g/mol. The predicted molar refractivity (Wildman–Crippen MR) is 119 cm³/mol. The first-order valence-corrected chi connectivity index (χ1v) is 10.4. The van der Waals surface area contributed by atoms with E-state index in [2.05, 4.69) is 15.3 Å². The molecule has 0 aliphatic heterocycles. The number of hydrogen-bond acceptors (Lipinski definition) is 5. The summed E-state index contributed by atoms with van der Waals surface area (Å²) in [6.45, 7) is 1.83. The Kier molecular flexibility index (Phi) is 5.67. The molecule has 2 aromatic heterocycles. The summed E-state index contributed by atoms with van der Waals surface area (Å²) in [4.78, 5) is 20.5. The molecule has 0 bridgehead atoms. The van der Waals surface area contributed by atoms with Gasteiger partial charge < -0.3 is 11.1 Å². The Labute approximate surface area is 185 Å². The maximum Gasteiger partial charge on any atom is 0.417 e. The summed E-state index contributed by atoms with van der Waals surface area (Å²) in [7, 11) is 0. The summed E-state index contributed by atoms with van der Waals surface area (Å²) in [5.74, 6) is -0.928. The summed E-state index contributed by atoms with van der Waals surface area (Å²) < 4.78 is 41.1. The second-order valence-corrected chi connectivity index (χ2v) is 7.88. The molecule has 0 unspecified atom stereocenters. The molecular weight excluding hydrogens is 437 g/mol. The summed E-state index contributed by atoms with van der Waals surface area (Å²) >= 11 is 1.36. The van der Waals surface area contributed by atoms with Crippen LogP contribution in [-0.2, 0) is 6.18 Å². The van der Waals surface area contributed by atoms with Crippen LogP contribution in [0.25, 0.3) is 22.4 Å². The Morgan fingerprint density at radius 3 is 2.59 bits per heavy atom. The van der Waals surface area contributed by atoms with Gasteiger partial charge in [-0.3, -0.25) is 9.78 Å². The highest BCUT2D eigenvalue weighted by Gasteiger charge is 2.35. The zero-order valence-electron chi connectivity index (χ0n) is 16.8. The molecular formula is C23H17F3N4OS. The van der Waals surface area contributed by atoms with E-state index < -0.39 is 17.6 Å². The molecule has 32 heavy (non-hydrogen) atoms. The van der Waals surface area contributed by atoms with Gasteiger partial charge in [0.05, 0.1) is 11.3 Å². The molecule has 1 amide bonds. The number of anilines is 2. The highest BCUT2D eigenvalue weighted by molar-refractivity contribution is 7.14. The van der Waals surface area contributed by atoms with Crippen molar-refractivity contribution in [1.29, 1.82) is 0 Å². The lowest BCUT2D eigenvalue weighted by molar-refractivity contribution is -0.137. The fourth-order valence-corrected chi connectivity index (χ4v) is 4.04. The minimum Gasteiger partial charge on any atom is -0.366 e. The second kappa shape index (κ2) is 8.43. The van der Waals surface area contributed by atoms with Crippen LogP contribution in [0.1, 0.15) is 21.5 Å². The molecule has 0 saturated heterocycles. The van der Waals surface area contributed by atoms with Gasteiger partial charge in [-0.05, 0) is 48.4 Å². The van der Waals surface area contributed by atoms with E-state index in [9.17, 15) is 18.0 Å². The molecule has 4 rings (SSSR count). The van der Waals surface area contributed by atoms with Gasteiger partial charge in [-0.15, -0.1) is 11.3 Å². The van der Waals surface area contributed by atoms with Crippen molar-refractivity contribution in [1.82, 2.24) is 9.97 Å². The maximum absolute atomic E-state index is 13.7. The SMILES string of the molecule is Cc1ccc(-c2c(C(N)=O)cccc2C(F)(F)F)cc1Nc1nc(-c2cccnc2)cs1. The number of aromatic nitrogens is 2. The lowest BCUT2D eigenvalue weighted by Gasteiger charge is -2.17. The number of nitrogens with zero attached hydrogens (tertiary/aromatic N) is 2. The average molecular weight is 454 g/mol. The van der Waals surface area contributed by atoms with Crippen LogP contribution >= 0.6 is 11.3 Å². The van der Waals surface area contributed by atoms with Crippen molar-refractivity contribution < 1.29 is 18.0 Å². The summed E-state index contributed by atoms with van der Waals surface area (Å²) in [6.07, 6.45) is -1.28. The minimum atomic E-state index is -4.65. The number of pyridine rings is 1. The summed E-state index contributed by atoms with van der Waals surface area (Å²) in [6, 6.07) is 11.9. The van der Waals surface area contributed by atoms with Crippen molar-refractivity contribution >= 4 is 28.1 Å². The van der Waals surface area contributed by atoms with Gasteiger partial charge in [-0.1, -0.05) is 18.2 Å². The molecule has 9 heteroatoms. The van der Waals surface area contributed by atoms with E-state index in [1.165, 1.54) is 23.5 Å². The van der Waals surface area contributed by atoms with Crippen molar-refractivity contribution in [3.63, 3.8) is 0 Å². The fraction of sp³-hybridized carbons (Fsp3) is 0.0870. The predicted octanol–water partition coefficient (Wildman–Crippen LogP) is 6.04. The van der Waals surface area contributed by atoms with Crippen LogP contribution in [-0.4, -0.2) is 15.9 Å². The molecule has 2 aromatic carbocycles. The molecule has 0 spiro atoms. The van der Waals surface area contributed by atoms with E-state index in [4.69, 9.17) is 5.73 Å². The third-order valence-electron chi connectivity index (χ3n) is 4.86. The number of hydrogen-bond donors (Lipinski definition) is 2. The maximum atomic E-state index is 13.7. The van der Waals surface area contributed by atoms with Crippen molar-refractivity contribution in [2.24, 2.45) is 5.73 Å². The third-order valence-corrected chi connectivity index (χ3v) is 5.62. The van der Waals surface area contributed by atoms with E-state index >= 15 is 0 Å². The first kappa shape index (κ1) is 21.5. The number of alkyl halides is 3. The Morgan fingerprint density at radius 1 is 1.09 bits per heavy atom. The van der Waals surface area contributed by atoms with Crippen molar-refractivity contribution in [2.75, 3.05) is 5.32 Å². The standard InChI is InChI=1S/C23H17F3N4OS/c1-13-7-8-14(20-16(21(27)31)5-2-6-17(20)23(24,25)26)10-18(13)29-22-30-19(12-32-22)15-4-3-9-28-11-15/h2-12H,1H3,(H2,27,31)(H,29,30). The fourth-order valence-electron chi connectivity index (χ4n) is 3.31. The highest BCUT2D eigenvalue weighted by Crippen LogP contribution is 2.40. The van der Waals surface area contributed by atoms with Crippen LogP contribution in [0.4, 0.5) is 24.0 Å². The number of halogens is 3. The number of rotatable bonds is 5. The quantitative estimate of drug-likeness (QED) is 0.385. The molecule has 0 fully saturated rings. The highest BCUT2D eigenvalue weighted by atomic mass is 32.1. The molecule has 4 aromatic rings. The number of aryl methyl sites for hydroxylation is 1. The van der Waals surface area contributed by atoms with Crippen molar-refractivity contribution in [3.05, 3.63) is 83.0 Å². The second-order valence-electron chi connectivity index (χ2n) is 7.02. The van der Waals surface area contributed by atoms with Gasteiger partial charge in [0.25, 0.3) is 0 Å². The Hall–Kier alpha value is -3.72. The van der Waals surface area contributed by atoms with Crippen LogP contribution in [0.5, 0.6) is 0 Å². The van der Waals surface area contributed by atoms with Crippen molar-refractivity contribution in [2.45, 2.75) is 13.1 Å². The zero-order valence-corrected chi connectivity index (χ0v) is 17.6. The lowest BCUT2D eigenvalue weighted by Crippen LogP contribution is -2.16. The minimum absolute atomic E-state index is 0.192. The van der Waals surface area contributed by atoms with Crippen LogP contribution in [0, 0.1) is 6.92 Å². The van der Waals surface area contributed by atoms with Gasteiger partial charge in [-0.2, -0.15) is 13.2 Å². The van der Waals surface area contributed by atoms with Gasteiger partial charge in [-0.25, -0.2) is 4.98 Å². The van der Waals surface area contributed by atoms with Gasteiger partial charge in [0, 0.05) is 40.2 Å². The number of carbonyl (C=O) groups is 1. The molecule has 2 heterocycles. The van der Waals surface area contributed by atoms with Gasteiger partial charge in [0.15, 0.2) is 5.13 Å². The Morgan fingerprint density at radius 2 is 1.91 bits per heavy atom. The van der Waals surface area contributed by atoms with Crippen LogP contribution in [0.15, 0.2) is 66.3 Å². The molecule has 0 saturated carbocycles. The molecule has 0 radical (unpaired) electrons. The van der Waals surface area contributed by atoms with Gasteiger partial charge in [0.2, 0.25) is 5.91 Å². The van der Waals surface area contributed by atoms with E-state index in [1.54, 1.807) is 30.6 Å². The first-order chi connectivity index (χ1) is 15.2. The molecule has 3 N–H and O–H groups in total. The molecule has 0 aliphatic carbocycles. The van der Waals surface area contributed by atoms with E-state index in [0.717, 1.165) is 22.9 Å². The van der Waals surface area contributed by atoms with Gasteiger partial charge in [0.1, 0.15) is 0 Å². The molecule has 0 aliphatic rings. The number of nitrogens with two attached hydrogens (primary N) is 1. The molecule has 162 valence electrons. The van der Waals surface area contributed by atoms with E-state index in [0.29, 0.717) is 10.8 Å². The lowest BCUT2D eigenvalue weighted by atomic mass is 9.92. The summed E-state index contributed by atoms with van der Waals surface area (Å²) in [5, 5.41) is 5.61. The Bertz CT molecular complexity index is 1290. The van der Waals surface area contributed by atoms with E-state index in [1.807, 2.05) is 24.4 Å². The number of nitrogens with one attached hydrogen (secondary N) is 1. The smallest absolute Gasteiger partial charge is 0.366 e. The van der Waals surface area contributed by atoms with Crippen LogP contribution < -0.4 is 11.1 Å². The van der Waals surface area contributed by atoms with Crippen molar-refractivity contribution in [3.8, 4) is 22.4 Å². The number of amides is 1. The number of thiazole rings is 1. The van der Waals surface area contributed by atoms with E-state index in [-0.39, 0.29) is 16.7 Å². The topological polar surface area (TPSA) is 80.9 Å². The van der Waals surface area contributed by atoms with Crippen LogP contribution in [0.2, 0.25) is 0 Å². The first-order valence-electron chi connectivity index (χ1n) is 9.48. The number of primary amides is 1. The zero-order chi connectivity index (χ0) is 22.9. The third kappa shape index (κ3) is 4.33.